The van der Waals surface area contributed by atoms with E-state index in [1.54, 1.807) is 18.3 Å². The van der Waals surface area contributed by atoms with Gasteiger partial charge >= 0.3 is 0 Å². The fourth-order valence-electron chi connectivity index (χ4n) is 5.15. The fourth-order valence-corrected chi connectivity index (χ4v) is 5.15. The third-order valence-electron chi connectivity index (χ3n) is 6.68. The standard InChI is InChI=1S/C24H25N3O3/c28-21-8-7-17-10-16(13-25-23(17)26-21)6-9-22(29)27-14-18-11-24(30,12-19(18)15-27)20-4-2-1-3-5-20/h1-6,9-10,13,18-19,30H,7-8,11-12,14-15H2,(H,25,26,28)/b9-6+. The van der Waals surface area contributed by atoms with Gasteiger partial charge in [-0.1, -0.05) is 30.3 Å². The maximum absolute atomic E-state index is 12.7. The second-order valence-corrected chi connectivity index (χ2v) is 8.73. The number of nitrogens with one attached hydrogen (secondary N) is 1. The summed E-state index contributed by atoms with van der Waals surface area (Å²) in [5.41, 5.74) is 2.07. The molecule has 1 saturated carbocycles. The van der Waals surface area contributed by atoms with E-state index in [0.29, 0.717) is 56.4 Å². The molecule has 2 fully saturated rings. The van der Waals surface area contributed by atoms with Crippen molar-refractivity contribution in [3.8, 4) is 0 Å². The van der Waals surface area contributed by atoms with Crippen LogP contribution in [0.5, 0.6) is 0 Å². The number of rotatable bonds is 3. The van der Waals surface area contributed by atoms with Crippen molar-refractivity contribution in [3.05, 3.63) is 65.4 Å². The second kappa shape index (κ2) is 7.36. The van der Waals surface area contributed by atoms with E-state index < -0.39 is 5.60 Å². The van der Waals surface area contributed by atoms with E-state index in [-0.39, 0.29) is 11.8 Å². The van der Waals surface area contributed by atoms with Crippen molar-refractivity contribution in [1.29, 1.82) is 0 Å². The summed E-state index contributed by atoms with van der Waals surface area (Å²) in [7, 11) is 0. The number of benzene rings is 1. The third-order valence-corrected chi connectivity index (χ3v) is 6.68. The van der Waals surface area contributed by atoms with Gasteiger partial charge in [0.2, 0.25) is 11.8 Å². The molecule has 1 saturated heterocycles. The Morgan fingerprint density at radius 3 is 2.63 bits per heavy atom. The van der Waals surface area contributed by atoms with Crippen molar-refractivity contribution in [2.24, 2.45) is 11.8 Å². The number of aryl methyl sites for hydroxylation is 1. The van der Waals surface area contributed by atoms with Crippen LogP contribution < -0.4 is 5.32 Å². The molecule has 0 spiro atoms. The summed E-state index contributed by atoms with van der Waals surface area (Å²) < 4.78 is 0. The average molecular weight is 403 g/mol. The van der Waals surface area contributed by atoms with Crippen molar-refractivity contribution in [2.75, 3.05) is 18.4 Å². The number of hydrogen-bond acceptors (Lipinski definition) is 4. The van der Waals surface area contributed by atoms with Gasteiger partial charge in [0.25, 0.3) is 0 Å². The lowest BCUT2D eigenvalue weighted by molar-refractivity contribution is -0.125. The topological polar surface area (TPSA) is 82.5 Å². The van der Waals surface area contributed by atoms with Crippen LogP contribution in [0.2, 0.25) is 0 Å². The highest BCUT2D eigenvalue weighted by Gasteiger charge is 2.49. The molecular weight excluding hydrogens is 378 g/mol. The molecule has 2 aliphatic heterocycles. The molecule has 2 amide bonds. The summed E-state index contributed by atoms with van der Waals surface area (Å²) >= 11 is 0. The number of amides is 2. The van der Waals surface area contributed by atoms with Crippen molar-refractivity contribution in [3.63, 3.8) is 0 Å². The number of carbonyl (C=O) groups is 2. The zero-order chi connectivity index (χ0) is 20.7. The number of carbonyl (C=O) groups excluding carboxylic acids is 2. The van der Waals surface area contributed by atoms with Gasteiger partial charge < -0.3 is 15.3 Å². The maximum atomic E-state index is 12.7. The number of hydrogen-bond donors (Lipinski definition) is 2. The number of nitrogens with zero attached hydrogens (tertiary/aromatic N) is 2. The van der Waals surface area contributed by atoms with Crippen LogP contribution in [0.15, 0.2) is 48.7 Å². The van der Waals surface area contributed by atoms with Crippen molar-refractivity contribution in [1.82, 2.24) is 9.88 Å². The molecule has 3 heterocycles. The molecule has 1 aliphatic carbocycles. The van der Waals surface area contributed by atoms with Crippen LogP contribution in [0, 0.1) is 11.8 Å². The predicted octanol–water partition coefficient (Wildman–Crippen LogP) is 2.74. The molecule has 3 aliphatic rings. The van der Waals surface area contributed by atoms with Crippen molar-refractivity contribution in [2.45, 2.75) is 31.3 Å². The predicted molar refractivity (Wildman–Crippen MR) is 113 cm³/mol. The van der Waals surface area contributed by atoms with Gasteiger partial charge in [-0.3, -0.25) is 9.59 Å². The zero-order valence-electron chi connectivity index (χ0n) is 16.8. The highest BCUT2D eigenvalue weighted by Crippen LogP contribution is 2.48. The van der Waals surface area contributed by atoms with E-state index in [9.17, 15) is 14.7 Å². The van der Waals surface area contributed by atoms with Gasteiger partial charge in [-0.2, -0.15) is 0 Å². The summed E-state index contributed by atoms with van der Waals surface area (Å²) in [5.74, 6) is 1.28. The fraction of sp³-hybridized carbons (Fsp3) is 0.375. The molecule has 0 bridgehead atoms. The first-order valence-corrected chi connectivity index (χ1v) is 10.5. The molecule has 1 aromatic carbocycles. The van der Waals surface area contributed by atoms with Crippen molar-refractivity contribution >= 4 is 23.7 Å². The first kappa shape index (κ1) is 19.0. The maximum Gasteiger partial charge on any atom is 0.246 e. The van der Waals surface area contributed by atoms with E-state index in [1.165, 1.54) is 0 Å². The highest BCUT2D eigenvalue weighted by molar-refractivity contribution is 5.94. The van der Waals surface area contributed by atoms with Gasteiger partial charge in [0.1, 0.15) is 5.82 Å². The molecule has 1 aromatic heterocycles. The van der Waals surface area contributed by atoms with Gasteiger partial charge in [-0.25, -0.2) is 4.98 Å². The Labute approximate surface area is 175 Å². The van der Waals surface area contributed by atoms with Crippen LogP contribution in [-0.2, 0) is 21.6 Å². The first-order valence-electron chi connectivity index (χ1n) is 10.5. The van der Waals surface area contributed by atoms with E-state index in [1.807, 2.05) is 41.3 Å². The lowest BCUT2D eigenvalue weighted by atomic mass is 9.90. The third kappa shape index (κ3) is 3.52. The van der Waals surface area contributed by atoms with Crippen LogP contribution in [0.3, 0.4) is 0 Å². The molecule has 30 heavy (non-hydrogen) atoms. The Hall–Kier alpha value is -2.99. The summed E-state index contributed by atoms with van der Waals surface area (Å²) in [4.78, 5) is 30.3. The molecule has 154 valence electrons. The lowest BCUT2D eigenvalue weighted by Crippen LogP contribution is -2.31. The van der Waals surface area contributed by atoms with Crippen molar-refractivity contribution < 1.29 is 14.7 Å². The van der Waals surface area contributed by atoms with Crippen LogP contribution in [-0.4, -0.2) is 39.9 Å². The highest BCUT2D eigenvalue weighted by atomic mass is 16.3. The van der Waals surface area contributed by atoms with E-state index in [0.717, 1.165) is 16.7 Å². The largest absolute Gasteiger partial charge is 0.385 e. The quantitative estimate of drug-likeness (QED) is 0.772. The molecule has 5 rings (SSSR count). The number of anilines is 1. The van der Waals surface area contributed by atoms with Gasteiger partial charge in [-0.05, 0) is 59.9 Å². The first-order chi connectivity index (χ1) is 14.5. The summed E-state index contributed by atoms with van der Waals surface area (Å²) in [6, 6.07) is 11.8. The van der Waals surface area contributed by atoms with Crippen LogP contribution in [0.1, 0.15) is 36.0 Å². The minimum atomic E-state index is -0.772. The minimum absolute atomic E-state index is 0.00123. The molecule has 6 nitrogen and oxygen atoms in total. The van der Waals surface area contributed by atoms with Crippen LogP contribution in [0.4, 0.5) is 5.82 Å². The number of likely N-dealkylation sites (tertiary alicyclic amines) is 1. The number of aromatic nitrogens is 1. The second-order valence-electron chi connectivity index (χ2n) is 8.73. The Balaban J connectivity index is 1.22. The van der Waals surface area contributed by atoms with Crippen LogP contribution >= 0.6 is 0 Å². The van der Waals surface area contributed by atoms with Gasteiger partial charge in [0.05, 0.1) is 5.60 Å². The van der Waals surface area contributed by atoms with Gasteiger partial charge in [-0.15, -0.1) is 0 Å². The monoisotopic (exact) mass is 403 g/mol. The van der Waals surface area contributed by atoms with E-state index in [4.69, 9.17) is 0 Å². The normalized spacial score (nSPS) is 27.8. The van der Waals surface area contributed by atoms with E-state index in [2.05, 4.69) is 10.3 Å². The molecule has 6 heteroatoms. The molecular formula is C24H25N3O3. The number of aliphatic hydroxyl groups is 1. The smallest absolute Gasteiger partial charge is 0.246 e. The summed E-state index contributed by atoms with van der Waals surface area (Å²) in [5, 5.41) is 13.9. The SMILES string of the molecule is O=C1CCc2cc(/C=C/C(=O)N3CC4CC(O)(c5ccccc5)CC4C3)cnc2N1. The molecule has 0 radical (unpaired) electrons. The Morgan fingerprint density at radius 2 is 1.90 bits per heavy atom. The average Bonchev–Trinajstić information content (AvgIpc) is 3.28. The van der Waals surface area contributed by atoms with Gasteiger partial charge in [0, 0.05) is 31.8 Å². The van der Waals surface area contributed by atoms with E-state index >= 15 is 0 Å². The summed E-state index contributed by atoms with van der Waals surface area (Å²) in [6.45, 7) is 1.38. The Bertz CT molecular complexity index is 1000. The Kier molecular flexibility index (Phi) is 4.66. The molecule has 2 atom stereocenters. The minimum Gasteiger partial charge on any atom is -0.385 e. The van der Waals surface area contributed by atoms with Crippen LogP contribution in [0.25, 0.3) is 6.08 Å². The Morgan fingerprint density at radius 1 is 1.17 bits per heavy atom. The van der Waals surface area contributed by atoms with Gasteiger partial charge in [0.15, 0.2) is 0 Å². The summed E-state index contributed by atoms with van der Waals surface area (Å²) in [6.07, 6.45) is 7.62. The number of pyridine rings is 1. The molecule has 2 aromatic rings. The zero-order valence-corrected chi connectivity index (χ0v) is 16.8. The molecule has 2 unspecified atom stereocenters. The lowest BCUT2D eigenvalue weighted by Gasteiger charge is -2.26. The number of fused-ring (bicyclic) bond motifs is 2. The molecule has 2 N–H and O–H groups in total.